The molecular formula is C43H62N4O12. The fourth-order valence-electron chi connectivity index (χ4n) is 9.19. The number of hydrogen-bond acceptors (Lipinski definition) is 14. The number of cyclic esters (lactones) is 1. The van der Waals surface area contributed by atoms with Gasteiger partial charge in [0.05, 0.1) is 36.0 Å². The number of carbonyl (C=O) groups excluding carboxylic acids is 5. The zero-order chi connectivity index (χ0) is 43.6. The Morgan fingerprint density at radius 2 is 1.76 bits per heavy atom. The first-order chi connectivity index (χ1) is 27.8. The van der Waals surface area contributed by atoms with Gasteiger partial charge in [-0.1, -0.05) is 45.9 Å². The molecule has 16 nitrogen and oxygen atoms in total. The van der Waals surface area contributed by atoms with Gasteiger partial charge >= 0.3 is 18.2 Å². The number of benzene rings is 1. The van der Waals surface area contributed by atoms with Crippen LogP contribution in [0.5, 0.6) is 0 Å². The van der Waals surface area contributed by atoms with E-state index in [2.05, 4.69) is 10.3 Å². The second kappa shape index (κ2) is 18.6. The van der Waals surface area contributed by atoms with Crippen molar-refractivity contribution in [1.29, 1.82) is 0 Å². The number of amides is 2. The second-order valence-corrected chi connectivity index (χ2v) is 17.1. The minimum absolute atomic E-state index is 0.0492. The van der Waals surface area contributed by atoms with Crippen LogP contribution in [0.3, 0.4) is 0 Å². The summed E-state index contributed by atoms with van der Waals surface area (Å²) < 4.78 is 36.4. The molecule has 5 rings (SSSR count). The van der Waals surface area contributed by atoms with Crippen molar-refractivity contribution < 1.29 is 57.5 Å². The number of aliphatic hydroxyl groups is 1. The fourth-order valence-corrected chi connectivity index (χ4v) is 9.19. The van der Waals surface area contributed by atoms with Gasteiger partial charge in [0.25, 0.3) is 0 Å². The number of ketones is 2. The maximum Gasteiger partial charge on any atom is 0.412 e. The van der Waals surface area contributed by atoms with Crippen molar-refractivity contribution in [2.75, 3.05) is 27.9 Å². The molecule has 3 aliphatic heterocycles. The molecule has 0 aliphatic carbocycles. The molecule has 2 N–H and O–H groups in total. The number of fused-ring (bicyclic) bond motifs is 2. The standard InChI is InChI=1S/C43H62N4O12/c1-12-32-43(8)36(47(41(53)59-43)22-45-40(52)55-21-28-15-16-29-14-13-17-44-30(29)19-28)25(4)33(48)23(2)20-42(7,54-11)37(26(5)34(49)27(6)38(51)57-32)58-39-35(50)31(46(9)10)18-24(3)56-39/h13-17,19,23-27,31-32,35-37,39,50H,12,18,20-22H2,1-11H3,(H,45,52)/t23-,24-,25+,26+,27-,31+,32-,35-,36-,37-,39+,42-,43-/m1/s1. The SMILES string of the molecule is CC[C@H]1OC(=O)[C@H](C)C(=O)[C@H](C)[C@@H](O[C@@H]2O[C@H](C)C[C@H](N(C)C)[C@H]2O)[C@](C)(OC)C[C@@H](C)C(=O)[C@H](C)[C@H]2N(CNC(=O)OCc3ccc4cccnc4c3)C(=O)O[C@]12C. The molecule has 0 saturated carbocycles. The first kappa shape index (κ1) is 45.9. The van der Waals surface area contributed by atoms with Crippen LogP contribution < -0.4 is 5.32 Å². The number of alkyl carbamates (subject to hydrolysis) is 1. The van der Waals surface area contributed by atoms with Crippen molar-refractivity contribution in [3.63, 3.8) is 0 Å². The summed E-state index contributed by atoms with van der Waals surface area (Å²) in [6.45, 7) is 13.0. The lowest BCUT2D eigenvalue weighted by molar-refractivity contribution is -0.295. The number of aromatic nitrogens is 1. The lowest BCUT2D eigenvalue weighted by Gasteiger charge is -2.47. The first-order valence-electron chi connectivity index (χ1n) is 20.5. The third-order valence-electron chi connectivity index (χ3n) is 12.6. The van der Waals surface area contributed by atoms with E-state index in [1.54, 1.807) is 47.7 Å². The Morgan fingerprint density at radius 3 is 2.42 bits per heavy atom. The molecule has 0 radical (unpaired) electrons. The highest BCUT2D eigenvalue weighted by Gasteiger charge is 2.60. The Kier molecular flexibility index (Phi) is 14.4. The summed E-state index contributed by atoms with van der Waals surface area (Å²) in [6.07, 6.45) is -3.95. The van der Waals surface area contributed by atoms with Crippen molar-refractivity contribution in [3.8, 4) is 0 Å². The number of aliphatic hydroxyl groups excluding tert-OH is 1. The number of rotatable bonds is 9. The largest absolute Gasteiger partial charge is 0.458 e. The molecule has 16 heteroatoms. The summed E-state index contributed by atoms with van der Waals surface area (Å²) in [4.78, 5) is 77.2. The van der Waals surface area contributed by atoms with Crippen LogP contribution in [0.15, 0.2) is 36.5 Å². The van der Waals surface area contributed by atoms with Crippen molar-refractivity contribution >= 4 is 40.6 Å². The van der Waals surface area contributed by atoms with Crippen LogP contribution in [0.2, 0.25) is 0 Å². The molecule has 2 aromatic rings. The molecule has 0 spiro atoms. The van der Waals surface area contributed by atoms with Crippen LogP contribution >= 0.6 is 0 Å². The van der Waals surface area contributed by atoms with Crippen molar-refractivity contribution in [1.82, 2.24) is 20.1 Å². The summed E-state index contributed by atoms with van der Waals surface area (Å²) in [6, 6.07) is 7.91. The second-order valence-electron chi connectivity index (χ2n) is 17.1. The maximum absolute atomic E-state index is 14.7. The maximum atomic E-state index is 14.7. The number of likely N-dealkylation sites (N-methyl/N-ethyl adjacent to an activating group) is 1. The Bertz CT molecular complexity index is 1860. The van der Waals surface area contributed by atoms with E-state index in [0.717, 1.165) is 10.9 Å². The van der Waals surface area contributed by atoms with Crippen LogP contribution in [-0.2, 0) is 49.4 Å². The Morgan fingerprint density at radius 1 is 1.05 bits per heavy atom. The smallest absolute Gasteiger partial charge is 0.412 e. The van der Waals surface area contributed by atoms with Gasteiger partial charge in [-0.2, -0.15) is 0 Å². The normalized spacial score (nSPS) is 36.2. The molecule has 3 aliphatic rings. The van der Waals surface area contributed by atoms with E-state index in [1.165, 1.54) is 18.9 Å². The quantitative estimate of drug-likeness (QED) is 0.202. The van der Waals surface area contributed by atoms with E-state index in [4.69, 9.17) is 28.4 Å². The Balaban J connectivity index is 1.44. The van der Waals surface area contributed by atoms with Gasteiger partial charge in [-0.25, -0.2) is 9.59 Å². The number of Topliss-reactive ketones (excluding diaryl/α,β-unsaturated/α-hetero) is 2. The van der Waals surface area contributed by atoms with Crippen LogP contribution in [-0.4, -0.2) is 131 Å². The molecule has 4 heterocycles. The van der Waals surface area contributed by atoms with E-state index in [1.807, 2.05) is 56.3 Å². The molecule has 0 bridgehead atoms. The average molecular weight is 827 g/mol. The van der Waals surface area contributed by atoms with Gasteiger partial charge in [-0.15, -0.1) is 0 Å². The molecule has 59 heavy (non-hydrogen) atoms. The lowest BCUT2D eigenvalue weighted by atomic mass is 9.73. The van der Waals surface area contributed by atoms with Crippen LogP contribution in [0.1, 0.15) is 80.2 Å². The van der Waals surface area contributed by atoms with E-state index in [9.17, 15) is 29.1 Å². The number of carbonyl (C=O) groups is 5. The third-order valence-corrected chi connectivity index (χ3v) is 12.6. The topological polar surface area (TPSA) is 192 Å². The van der Waals surface area contributed by atoms with E-state index in [0.29, 0.717) is 12.0 Å². The molecular weight excluding hydrogens is 764 g/mol. The van der Waals surface area contributed by atoms with Crippen molar-refractivity contribution in [2.24, 2.45) is 23.7 Å². The van der Waals surface area contributed by atoms with Gasteiger partial charge in [-0.05, 0) is 78.7 Å². The molecule has 13 atom stereocenters. The number of hydrogen-bond donors (Lipinski definition) is 2. The first-order valence-corrected chi connectivity index (χ1v) is 20.5. The highest BCUT2D eigenvalue weighted by atomic mass is 16.7. The van der Waals surface area contributed by atoms with Gasteiger partial charge in [0.15, 0.2) is 17.7 Å². The summed E-state index contributed by atoms with van der Waals surface area (Å²) >= 11 is 0. The van der Waals surface area contributed by atoms with Crippen LogP contribution in [0.25, 0.3) is 10.9 Å². The minimum atomic E-state index is -1.58. The zero-order valence-corrected chi connectivity index (χ0v) is 36.1. The number of ether oxygens (including phenoxy) is 6. The van der Waals surface area contributed by atoms with E-state index < -0.39 is 89.5 Å². The number of esters is 1. The monoisotopic (exact) mass is 826 g/mol. The Labute approximate surface area is 346 Å². The summed E-state index contributed by atoms with van der Waals surface area (Å²) in [5.74, 6) is -5.61. The van der Waals surface area contributed by atoms with Gasteiger partial charge in [-0.3, -0.25) is 24.3 Å². The molecule has 1 aromatic carbocycles. The van der Waals surface area contributed by atoms with Crippen LogP contribution in [0.4, 0.5) is 9.59 Å². The third kappa shape index (κ3) is 9.57. The number of pyridine rings is 1. The molecule has 3 saturated heterocycles. The van der Waals surface area contributed by atoms with E-state index >= 15 is 0 Å². The average Bonchev–Trinajstić information content (AvgIpc) is 3.47. The van der Waals surface area contributed by atoms with E-state index in [-0.39, 0.29) is 44.0 Å². The summed E-state index contributed by atoms with van der Waals surface area (Å²) in [5, 5.41) is 15.0. The molecule has 2 amide bonds. The fraction of sp³-hybridized carbons (Fsp3) is 0.674. The van der Waals surface area contributed by atoms with Gasteiger partial charge in [0.1, 0.15) is 30.5 Å². The summed E-state index contributed by atoms with van der Waals surface area (Å²) in [5.41, 5.74) is -1.46. The number of nitrogens with zero attached hydrogens (tertiary/aromatic N) is 3. The van der Waals surface area contributed by atoms with Crippen LogP contribution in [0, 0.1) is 23.7 Å². The van der Waals surface area contributed by atoms with Gasteiger partial charge in [0, 0.05) is 42.5 Å². The summed E-state index contributed by atoms with van der Waals surface area (Å²) in [7, 11) is 5.15. The highest BCUT2D eigenvalue weighted by molar-refractivity contribution is 6.00. The molecule has 326 valence electrons. The predicted molar refractivity (Wildman–Crippen MR) is 215 cm³/mol. The predicted octanol–water partition coefficient (Wildman–Crippen LogP) is 4.62. The number of methoxy groups -OCH3 is 1. The molecule has 0 unspecified atom stereocenters. The minimum Gasteiger partial charge on any atom is -0.458 e. The van der Waals surface area contributed by atoms with Crippen molar-refractivity contribution in [2.45, 2.75) is 135 Å². The van der Waals surface area contributed by atoms with Crippen molar-refractivity contribution in [3.05, 3.63) is 42.1 Å². The lowest BCUT2D eigenvalue weighted by Crippen LogP contribution is -2.60. The molecule has 3 fully saturated rings. The Hall–Kier alpha value is -4.22. The highest BCUT2D eigenvalue weighted by Crippen LogP contribution is 2.43. The van der Waals surface area contributed by atoms with Gasteiger partial charge < -0.3 is 43.7 Å². The number of nitrogens with one attached hydrogen (secondary N) is 1. The zero-order valence-electron chi connectivity index (χ0n) is 36.1. The van der Waals surface area contributed by atoms with Gasteiger partial charge in [0.2, 0.25) is 0 Å². The molecule has 1 aromatic heterocycles.